The van der Waals surface area contributed by atoms with E-state index in [1.165, 1.54) is 30.3 Å². The first-order valence-electron chi connectivity index (χ1n) is 5.81. The fourth-order valence-corrected chi connectivity index (χ4v) is 2.24. The number of halogens is 2. The molecule has 5 nitrogen and oxygen atoms in total. The number of aldehydes is 1. The van der Waals surface area contributed by atoms with E-state index in [1.807, 2.05) is 0 Å². The molecule has 0 atom stereocenters. The van der Waals surface area contributed by atoms with Crippen LogP contribution in [-0.4, -0.2) is 11.2 Å². The van der Waals surface area contributed by atoms with E-state index >= 15 is 0 Å². The Morgan fingerprint density at radius 1 is 1.29 bits per heavy atom. The van der Waals surface area contributed by atoms with Crippen molar-refractivity contribution in [3.05, 3.63) is 67.9 Å². The summed E-state index contributed by atoms with van der Waals surface area (Å²) in [5.74, 6) is -0.482. The smallest absolute Gasteiger partial charge is 0.310 e. The number of hydrogen-bond donors (Lipinski definition) is 0. The van der Waals surface area contributed by atoms with Crippen LogP contribution in [0.3, 0.4) is 0 Å². The summed E-state index contributed by atoms with van der Waals surface area (Å²) in [5, 5.41) is 10.9. The molecule has 0 aliphatic carbocycles. The van der Waals surface area contributed by atoms with Crippen LogP contribution in [0.5, 0.6) is 5.75 Å². The summed E-state index contributed by atoms with van der Waals surface area (Å²) in [6.45, 7) is -0.0560. The Hall–Kier alpha value is -2.28. The van der Waals surface area contributed by atoms with Crippen molar-refractivity contribution in [2.75, 3.05) is 0 Å². The molecule has 2 aromatic carbocycles. The Morgan fingerprint density at radius 3 is 2.67 bits per heavy atom. The van der Waals surface area contributed by atoms with Gasteiger partial charge in [0.2, 0.25) is 0 Å². The van der Waals surface area contributed by atoms with E-state index in [-0.39, 0.29) is 23.6 Å². The van der Waals surface area contributed by atoms with E-state index in [0.717, 1.165) is 0 Å². The molecule has 0 bridgehead atoms. The van der Waals surface area contributed by atoms with Gasteiger partial charge in [0.05, 0.1) is 4.92 Å². The molecule has 7 heteroatoms. The van der Waals surface area contributed by atoms with Crippen molar-refractivity contribution in [1.29, 1.82) is 0 Å². The molecule has 0 heterocycles. The average Bonchev–Trinajstić information content (AvgIpc) is 2.43. The topological polar surface area (TPSA) is 69.4 Å². The van der Waals surface area contributed by atoms with Crippen LogP contribution in [0.4, 0.5) is 10.1 Å². The number of hydrogen-bond acceptors (Lipinski definition) is 4. The van der Waals surface area contributed by atoms with Gasteiger partial charge in [-0.15, -0.1) is 0 Å². The number of ether oxygens (including phenoxy) is 1. The van der Waals surface area contributed by atoms with Crippen molar-refractivity contribution < 1.29 is 18.8 Å². The number of nitro benzene ring substituents is 1. The predicted octanol–water partition coefficient (Wildman–Crippen LogP) is 3.89. The monoisotopic (exact) mass is 353 g/mol. The van der Waals surface area contributed by atoms with Gasteiger partial charge in [0.15, 0.2) is 5.75 Å². The minimum absolute atomic E-state index is 0.0371. The minimum atomic E-state index is -0.606. The van der Waals surface area contributed by atoms with Gasteiger partial charge in [-0.25, -0.2) is 4.39 Å². The maximum Gasteiger partial charge on any atom is 0.310 e. The molecule has 0 N–H and O–H groups in total. The fraction of sp³-hybridized carbons (Fsp3) is 0.0714. The van der Waals surface area contributed by atoms with Gasteiger partial charge in [-0.1, -0.05) is 15.9 Å². The Bertz CT molecular complexity index is 685. The van der Waals surface area contributed by atoms with Gasteiger partial charge in [0.25, 0.3) is 0 Å². The number of carbonyl (C=O) groups is 1. The second kappa shape index (κ2) is 6.45. The maximum absolute atomic E-state index is 13.2. The molecule has 2 aromatic rings. The van der Waals surface area contributed by atoms with Gasteiger partial charge in [0.1, 0.15) is 18.7 Å². The first kappa shape index (κ1) is 15.1. The normalized spacial score (nSPS) is 10.2. The molecule has 0 spiro atoms. The molecule has 0 radical (unpaired) electrons. The Kier molecular flexibility index (Phi) is 4.64. The number of nitro groups is 1. The summed E-state index contributed by atoms with van der Waals surface area (Å²) in [6, 6.07) is 7.99. The zero-order valence-corrected chi connectivity index (χ0v) is 12.2. The number of benzene rings is 2. The van der Waals surface area contributed by atoms with Gasteiger partial charge >= 0.3 is 5.69 Å². The molecule has 0 saturated carbocycles. The lowest BCUT2D eigenvalue weighted by molar-refractivity contribution is -0.385. The maximum atomic E-state index is 13.2. The molecule has 0 fully saturated rings. The molecule has 0 aliphatic heterocycles. The molecule has 0 unspecified atom stereocenters. The summed E-state index contributed by atoms with van der Waals surface area (Å²) in [4.78, 5) is 21.0. The van der Waals surface area contributed by atoms with Crippen molar-refractivity contribution in [3.63, 3.8) is 0 Å². The van der Waals surface area contributed by atoms with Crippen molar-refractivity contribution in [2.45, 2.75) is 6.61 Å². The third-order valence-corrected chi connectivity index (χ3v) is 3.09. The Labute approximate surface area is 127 Å². The van der Waals surface area contributed by atoms with E-state index < -0.39 is 10.7 Å². The summed E-state index contributed by atoms with van der Waals surface area (Å²) >= 11 is 3.15. The standard InChI is InChI=1S/C14H9BrFNO4/c15-11-3-10(4-12(16)6-11)8-21-14-5-9(7-18)1-2-13(14)17(19)20/h1-7H,8H2. The molecule has 0 aromatic heterocycles. The molecular formula is C14H9BrFNO4. The van der Waals surface area contributed by atoms with Crippen LogP contribution in [0.1, 0.15) is 15.9 Å². The second-order valence-corrected chi connectivity index (χ2v) is 5.08. The summed E-state index contributed by atoms with van der Waals surface area (Å²) in [7, 11) is 0. The van der Waals surface area contributed by atoms with Crippen LogP contribution >= 0.6 is 15.9 Å². The van der Waals surface area contributed by atoms with Crippen LogP contribution in [0.25, 0.3) is 0 Å². The van der Waals surface area contributed by atoms with Crippen LogP contribution in [0.15, 0.2) is 40.9 Å². The van der Waals surface area contributed by atoms with Gasteiger partial charge in [-0.2, -0.15) is 0 Å². The third kappa shape index (κ3) is 3.85. The van der Waals surface area contributed by atoms with E-state index in [1.54, 1.807) is 6.07 Å². The number of rotatable bonds is 5. The van der Waals surface area contributed by atoms with Crippen molar-refractivity contribution >= 4 is 27.9 Å². The Morgan fingerprint density at radius 2 is 2.05 bits per heavy atom. The third-order valence-electron chi connectivity index (χ3n) is 2.63. The van der Waals surface area contributed by atoms with Gasteiger partial charge < -0.3 is 4.74 Å². The highest BCUT2D eigenvalue weighted by Gasteiger charge is 2.16. The highest BCUT2D eigenvalue weighted by Crippen LogP contribution is 2.28. The van der Waals surface area contributed by atoms with E-state index in [0.29, 0.717) is 16.3 Å². The van der Waals surface area contributed by atoms with Crippen LogP contribution in [0, 0.1) is 15.9 Å². The second-order valence-electron chi connectivity index (χ2n) is 4.17. The SMILES string of the molecule is O=Cc1ccc([N+](=O)[O-])c(OCc2cc(F)cc(Br)c2)c1. The molecular weight excluding hydrogens is 345 g/mol. The van der Waals surface area contributed by atoms with Crippen LogP contribution in [0.2, 0.25) is 0 Å². The number of carbonyl (C=O) groups excluding carboxylic acids is 1. The molecule has 2 rings (SSSR count). The van der Waals surface area contributed by atoms with Crippen LogP contribution < -0.4 is 4.74 Å². The summed E-state index contributed by atoms with van der Waals surface area (Å²) in [5.41, 5.74) is 0.514. The molecule has 0 amide bonds. The highest BCUT2D eigenvalue weighted by molar-refractivity contribution is 9.10. The Balaban J connectivity index is 2.25. The van der Waals surface area contributed by atoms with Crippen LogP contribution in [-0.2, 0) is 6.61 Å². The van der Waals surface area contributed by atoms with Gasteiger partial charge in [-0.3, -0.25) is 14.9 Å². The molecule has 0 aliphatic rings. The molecule has 108 valence electrons. The van der Waals surface area contributed by atoms with Gasteiger partial charge in [0, 0.05) is 16.1 Å². The zero-order valence-electron chi connectivity index (χ0n) is 10.6. The zero-order chi connectivity index (χ0) is 15.4. The summed E-state index contributed by atoms with van der Waals surface area (Å²) in [6.07, 6.45) is 0.565. The summed E-state index contributed by atoms with van der Waals surface area (Å²) < 4.78 is 19.1. The largest absolute Gasteiger partial charge is 0.482 e. The van der Waals surface area contributed by atoms with Crippen molar-refractivity contribution in [3.8, 4) is 5.75 Å². The lowest BCUT2D eigenvalue weighted by Crippen LogP contribution is -2.00. The van der Waals surface area contributed by atoms with Crippen molar-refractivity contribution in [2.24, 2.45) is 0 Å². The van der Waals surface area contributed by atoms with Crippen molar-refractivity contribution in [1.82, 2.24) is 0 Å². The quantitative estimate of drug-likeness (QED) is 0.464. The first-order chi connectivity index (χ1) is 9.99. The minimum Gasteiger partial charge on any atom is -0.482 e. The lowest BCUT2D eigenvalue weighted by atomic mass is 10.2. The lowest BCUT2D eigenvalue weighted by Gasteiger charge is -2.08. The molecule has 21 heavy (non-hydrogen) atoms. The van der Waals surface area contributed by atoms with Gasteiger partial charge in [-0.05, 0) is 35.9 Å². The highest BCUT2D eigenvalue weighted by atomic mass is 79.9. The van der Waals surface area contributed by atoms with E-state index in [2.05, 4.69) is 15.9 Å². The first-order valence-corrected chi connectivity index (χ1v) is 6.60. The van der Waals surface area contributed by atoms with E-state index in [9.17, 15) is 19.3 Å². The molecule has 0 saturated heterocycles. The predicted molar refractivity (Wildman–Crippen MR) is 76.9 cm³/mol. The average molecular weight is 354 g/mol. The van der Waals surface area contributed by atoms with E-state index in [4.69, 9.17) is 4.74 Å². The number of nitrogens with zero attached hydrogens (tertiary/aromatic N) is 1. The fourth-order valence-electron chi connectivity index (χ4n) is 1.73.